The molecule has 0 N–H and O–H groups in total. The predicted octanol–water partition coefficient (Wildman–Crippen LogP) is 2.45. The Morgan fingerprint density at radius 2 is 0.621 bits per heavy atom. The predicted molar refractivity (Wildman–Crippen MR) is 125 cm³/mol. The molecule has 0 aliphatic carbocycles. The van der Waals surface area contributed by atoms with Crippen molar-refractivity contribution < 1.29 is 38.3 Å². The summed E-state index contributed by atoms with van der Waals surface area (Å²) >= 11 is 0. The van der Waals surface area contributed by atoms with Crippen LogP contribution < -0.4 is 34.4 Å². The van der Waals surface area contributed by atoms with Gasteiger partial charge in [0.05, 0.1) is 0 Å². The average molecular weight is 446 g/mol. The molecule has 0 saturated carbocycles. The molecule has 3 aromatic carbocycles. The Bertz CT molecular complexity index is 610. The summed E-state index contributed by atoms with van der Waals surface area (Å²) in [6.07, 6.45) is 0. The van der Waals surface area contributed by atoms with Gasteiger partial charge in [-0.05, 0) is 0 Å². The van der Waals surface area contributed by atoms with E-state index in [0.29, 0.717) is 0 Å². The number of benzene rings is 3. The van der Waals surface area contributed by atoms with E-state index in [9.17, 15) is 0 Å². The fraction of sp³-hybridized carbons (Fsp3) is 0.231. The first-order chi connectivity index (χ1) is 12.9. The smallest absolute Gasteiger partial charge is 0.323 e. The topological polar surface area (TPSA) is 0 Å². The molecule has 0 amide bonds. The molecule has 0 spiro atoms. The van der Waals surface area contributed by atoms with Gasteiger partial charge in [0, 0.05) is 19.5 Å². The van der Waals surface area contributed by atoms with Gasteiger partial charge in [-0.25, -0.2) is 0 Å². The van der Waals surface area contributed by atoms with Gasteiger partial charge in [0.15, 0.2) is 8.80 Å². The van der Waals surface area contributed by atoms with Gasteiger partial charge in [-0.3, -0.25) is 0 Å². The van der Waals surface area contributed by atoms with E-state index in [4.69, 9.17) is 0 Å². The van der Waals surface area contributed by atoms with Gasteiger partial charge < -0.3 is 11.8 Å². The summed E-state index contributed by atoms with van der Waals surface area (Å²) < 4.78 is 0. The molecule has 1 radical (unpaired) electrons. The molecule has 0 aliphatic rings. The van der Waals surface area contributed by atoms with E-state index < -0.39 is 8.80 Å². The van der Waals surface area contributed by atoms with Crippen LogP contribution in [-0.4, -0.2) is 8.80 Å². The fourth-order valence-corrected chi connectivity index (χ4v) is 4.89. The van der Waals surface area contributed by atoms with Crippen LogP contribution in [-0.2, 0) is 19.5 Å². The van der Waals surface area contributed by atoms with Crippen molar-refractivity contribution in [2.75, 3.05) is 0 Å². The Morgan fingerprint density at radius 3 is 0.793 bits per heavy atom. The second kappa shape index (κ2) is 17.9. The van der Waals surface area contributed by atoms with Gasteiger partial charge in [0.2, 0.25) is 0 Å². The molecule has 0 unspecified atom stereocenters. The summed E-state index contributed by atoms with van der Waals surface area (Å²) in [4.78, 5) is 0. The zero-order valence-electron chi connectivity index (χ0n) is 19.4. The minimum absolute atomic E-state index is 0. The molecule has 0 heterocycles. The van der Waals surface area contributed by atoms with Gasteiger partial charge in [0.1, 0.15) is 0 Å². The molecule has 0 atom stereocenters. The minimum atomic E-state index is -0.877. The van der Waals surface area contributed by atoms with Crippen LogP contribution in [0.4, 0.5) is 0 Å². The molecule has 3 heteroatoms. The van der Waals surface area contributed by atoms with E-state index in [1.54, 1.807) is 0 Å². The third-order valence-electron chi connectivity index (χ3n) is 3.19. The molecule has 0 nitrogen and oxygen atoms in total. The van der Waals surface area contributed by atoms with Crippen LogP contribution in [0.15, 0.2) is 91.0 Å². The van der Waals surface area contributed by atoms with E-state index in [0.717, 1.165) is 0 Å². The molecule has 0 aliphatic heterocycles. The van der Waals surface area contributed by atoms with Crippen LogP contribution in [0.1, 0.15) is 41.5 Å². The quantitative estimate of drug-likeness (QED) is 0.330. The van der Waals surface area contributed by atoms with Crippen LogP contribution >= 0.6 is 0 Å². The van der Waals surface area contributed by atoms with Crippen molar-refractivity contribution in [3.8, 4) is 0 Å². The van der Waals surface area contributed by atoms with E-state index in [1.165, 1.54) is 27.4 Å². The maximum atomic E-state index is 2.24. The van der Waals surface area contributed by atoms with Crippen molar-refractivity contribution in [2.24, 2.45) is 0 Å². The molecule has 0 fully saturated rings. The van der Waals surface area contributed by atoms with Gasteiger partial charge in [-0.1, -0.05) is 107 Å². The first kappa shape index (κ1) is 30.3. The van der Waals surface area contributed by atoms with Crippen molar-refractivity contribution in [3.63, 3.8) is 0 Å². The van der Waals surface area contributed by atoms with Crippen LogP contribution in [0, 0.1) is 11.8 Å². The first-order valence-corrected chi connectivity index (χ1v) is 11.0. The standard InChI is InChI=1S/C18H15Si.2C4H9.Li.Zn/c1-4-10-16(11-5-1)19(17-12-6-2-7-13-17)18-14-8-3-9-15-18;2*1-4(2)3;;/h1-15H;2*1-3H3;;/q;2*-1;+1;. The molecular weight excluding hydrogens is 413 g/mol. The summed E-state index contributed by atoms with van der Waals surface area (Å²) in [5.74, 6) is 2.83. The summed E-state index contributed by atoms with van der Waals surface area (Å²) in [6.45, 7) is 12.5. The number of hydrogen-bond acceptors (Lipinski definition) is 0. The molecular formula is C26H33LiSiZn-. The molecule has 145 valence electrons. The second-order valence-electron chi connectivity index (χ2n) is 7.47. The summed E-state index contributed by atoms with van der Waals surface area (Å²) in [7, 11) is -0.877. The Morgan fingerprint density at radius 1 is 0.448 bits per heavy atom. The minimum Gasteiger partial charge on any atom is -0.323 e. The Balaban J connectivity index is 0. The van der Waals surface area contributed by atoms with Crippen LogP contribution in [0.3, 0.4) is 0 Å². The van der Waals surface area contributed by atoms with Gasteiger partial charge >= 0.3 is 18.9 Å². The zero-order valence-corrected chi connectivity index (χ0v) is 23.3. The molecule has 29 heavy (non-hydrogen) atoms. The van der Waals surface area contributed by atoms with Gasteiger partial charge in [0.25, 0.3) is 0 Å². The monoisotopic (exact) mass is 444 g/mol. The van der Waals surface area contributed by atoms with Crippen molar-refractivity contribution >= 4 is 24.4 Å². The Kier molecular flexibility index (Phi) is 18.7. The zero-order chi connectivity index (χ0) is 20.1. The summed E-state index contributed by atoms with van der Waals surface area (Å²) in [5.41, 5.74) is 0. The van der Waals surface area contributed by atoms with E-state index in [2.05, 4.69) is 133 Å². The number of hydrogen-bond donors (Lipinski definition) is 0. The maximum absolute atomic E-state index is 2.24. The summed E-state index contributed by atoms with van der Waals surface area (Å²) in [5, 5.41) is 4.31. The third kappa shape index (κ3) is 13.9. The fourth-order valence-electron chi connectivity index (χ4n) is 2.31. The Hall–Kier alpha value is -0.902. The van der Waals surface area contributed by atoms with Gasteiger partial charge in [-0.15, -0.1) is 0 Å². The van der Waals surface area contributed by atoms with Crippen molar-refractivity contribution in [1.82, 2.24) is 0 Å². The van der Waals surface area contributed by atoms with E-state index in [-0.39, 0.29) is 38.3 Å². The van der Waals surface area contributed by atoms with Crippen LogP contribution in [0.2, 0.25) is 0 Å². The SMILES string of the molecule is C[C-](C)C.C[C-](C)C.[Li+].[Zn].c1ccc([Si](c2ccccc2)c2ccccc2)cc1. The van der Waals surface area contributed by atoms with Crippen LogP contribution in [0.25, 0.3) is 0 Å². The Labute approximate surface area is 206 Å². The molecule has 0 bridgehead atoms. The molecule has 0 aromatic heterocycles. The maximum Gasteiger partial charge on any atom is 1.00 e. The third-order valence-corrected chi connectivity index (χ3v) is 5.92. The van der Waals surface area contributed by atoms with E-state index in [1.807, 2.05) is 0 Å². The molecule has 3 rings (SSSR count). The molecule has 3 aromatic rings. The van der Waals surface area contributed by atoms with Gasteiger partial charge in [-0.2, -0.15) is 41.5 Å². The second-order valence-corrected chi connectivity index (χ2v) is 9.96. The normalized spacial score (nSPS) is 9.41. The summed E-state index contributed by atoms with van der Waals surface area (Å²) in [6, 6.07) is 32.5. The van der Waals surface area contributed by atoms with Crippen molar-refractivity contribution in [3.05, 3.63) is 103 Å². The van der Waals surface area contributed by atoms with Crippen molar-refractivity contribution in [2.45, 2.75) is 41.5 Å². The van der Waals surface area contributed by atoms with Crippen LogP contribution in [0.5, 0.6) is 0 Å². The first-order valence-electron chi connectivity index (χ1n) is 9.48. The largest absolute Gasteiger partial charge is 1.00 e. The molecule has 0 saturated heterocycles. The van der Waals surface area contributed by atoms with E-state index >= 15 is 0 Å². The van der Waals surface area contributed by atoms with Crippen molar-refractivity contribution in [1.29, 1.82) is 0 Å². The average Bonchev–Trinajstić information content (AvgIpc) is 2.64. The number of rotatable bonds is 3.